The van der Waals surface area contributed by atoms with Gasteiger partial charge >= 0.3 is 0 Å². The zero-order valence-corrected chi connectivity index (χ0v) is 20.0. The Morgan fingerprint density at radius 2 is 1.74 bits per heavy atom. The predicted molar refractivity (Wildman–Crippen MR) is 141 cm³/mol. The third-order valence-electron chi connectivity index (χ3n) is 5.67. The SMILES string of the molecule is C=C(N[C@@H](c1ccccc1)[C@@H](O)C(=O)Nc1ccc2nc(N)sc2c1)c1ccc(C(C)C)cc1. The van der Waals surface area contributed by atoms with E-state index in [1.165, 1.54) is 16.9 Å². The zero-order chi connectivity index (χ0) is 24.2. The molecule has 0 spiro atoms. The highest BCUT2D eigenvalue weighted by atomic mass is 32.1. The summed E-state index contributed by atoms with van der Waals surface area (Å²) >= 11 is 1.34. The summed E-state index contributed by atoms with van der Waals surface area (Å²) in [5, 5.41) is 17.6. The van der Waals surface area contributed by atoms with Crippen molar-refractivity contribution < 1.29 is 9.90 Å². The number of aromatic nitrogens is 1. The number of fused-ring (bicyclic) bond motifs is 1. The molecule has 7 heteroatoms. The minimum atomic E-state index is -1.36. The van der Waals surface area contributed by atoms with Crippen LogP contribution in [0.15, 0.2) is 79.4 Å². The first kappa shape index (κ1) is 23.5. The van der Waals surface area contributed by atoms with Crippen molar-refractivity contribution >= 4 is 44.0 Å². The Hall–Kier alpha value is -3.68. The second-order valence-electron chi connectivity index (χ2n) is 8.46. The first-order chi connectivity index (χ1) is 16.3. The van der Waals surface area contributed by atoms with Crippen LogP contribution >= 0.6 is 11.3 Å². The van der Waals surface area contributed by atoms with Gasteiger partial charge in [0.15, 0.2) is 11.2 Å². The zero-order valence-electron chi connectivity index (χ0n) is 19.2. The Labute approximate surface area is 203 Å². The fourth-order valence-corrected chi connectivity index (χ4v) is 4.51. The molecule has 0 unspecified atom stereocenters. The summed E-state index contributed by atoms with van der Waals surface area (Å²) in [6.45, 7) is 8.44. The van der Waals surface area contributed by atoms with Gasteiger partial charge in [-0.1, -0.05) is 86.4 Å². The van der Waals surface area contributed by atoms with Crippen molar-refractivity contribution in [3.63, 3.8) is 0 Å². The Bertz CT molecular complexity index is 1300. The first-order valence-electron chi connectivity index (χ1n) is 11.1. The second kappa shape index (κ2) is 10.1. The summed E-state index contributed by atoms with van der Waals surface area (Å²) in [7, 11) is 0. The molecule has 0 radical (unpaired) electrons. The molecule has 0 fully saturated rings. The molecule has 1 amide bonds. The van der Waals surface area contributed by atoms with Crippen molar-refractivity contribution in [1.29, 1.82) is 0 Å². The van der Waals surface area contributed by atoms with Gasteiger partial charge in [0.05, 0.1) is 16.3 Å². The van der Waals surface area contributed by atoms with Gasteiger partial charge in [-0.25, -0.2) is 4.98 Å². The Kier molecular flexibility index (Phi) is 6.95. The second-order valence-corrected chi connectivity index (χ2v) is 9.52. The summed E-state index contributed by atoms with van der Waals surface area (Å²) in [5.74, 6) is -0.0976. The number of aliphatic hydroxyl groups is 1. The highest BCUT2D eigenvalue weighted by Gasteiger charge is 2.28. The molecule has 34 heavy (non-hydrogen) atoms. The number of amides is 1. The largest absolute Gasteiger partial charge is 0.381 e. The van der Waals surface area contributed by atoms with Crippen LogP contribution in [0.2, 0.25) is 0 Å². The predicted octanol–water partition coefficient (Wildman–Crippen LogP) is 5.30. The number of nitrogens with two attached hydrogens (primary N) is 1. The van der Waals surface area contributed by atoms with Gasteiger partial charge in [0, 0.05) is 11.4 Å². The van der Waals surface area contributed by atoms with Crippen molar-refractivity contribution in [2.24, 2.45) is 0 Å². The lowest BCUT2D eigenvalue weighted by Crippen LogP contribution is -2.39. The molecule has 0 aliphatic carbocycles. The molecule has 1 aromatic heterocycles. The van der Waals surface area contributed by atoms with Gasteiger partial charge in [0.1, 0.15) is 0 Å². The minimum Gasteiger partial charge on any atom is -0.381 e. The van der Waals surface area contributed by atoms with Crippen LogP contribution in [0.25, 0.3) is 15.9 Å². The van der Waals surface area contributed by atoms with Gasteiger partial charge < -0.3 is 21.5 Å². The van der Waals surface area contributed by atoms with Crippen LogP contribution in [-0.4, -0.2) is 22.1 Å². The summed E-state index contributed by atoms with van der Waals surface area (Å²) in [5.41, 5.74) is 10.6. The van der Waals surface area contributed by atoms with Crippen molar-refractivity contribution in [1.82, 2.24) is 10.3 Å². The highest BCUT2D eigenvalue weighted by Crippen LogP contribution is 2.28. The van der Waals surface area contributed by atoms with Crippen LogP contribution < -0.4 is 16.4 Å². The molecule has 174 valence electrons. The van der Waals surface area contributed by atoms with Crippen molar-refractivity contribution in [3.8, 4) is 0 Å². The lowest BCUT2D eigenvalue weighted by molar-refractivity contribution is -0.125. The lowest BCUT2D eigenvalue weighted by Gasteiger charge is -2.26. The monoisotopic (exact) mass is 472 g/mol. The number of hydrogen-bond donors (Lipinski definition) is 4. The van der Waals surface area contributed by atoms with Crippen LogP contribution in [-0.2, 0) is 4.79 Å². The lowest BCUT2D eigenvalue weighted by atomic mass is 9.98. The number of carbonyl (C=O) groups excluding carboxylic acids is 1. The number of nitrogens with zero attached hydrogens (tertiary/aromatic N) is 1. The normalized spacial score (nSPS) is 12.9. The summed E-state index contributed by atoms with van der Waals surface area (Å²) in [6.07, 6.45) is -1.36. The number of rotatable bonds is 8. The van der Waals surface area contributed by atoms with Gasteiger partial charge in [-0.05, 0) is 40.8 Å². The third-order valence-corrected chi connectivity index (χ3v) is 6.52. The average molecular weight is 473 g/mol. The van der Waals surface area contributed by atoms with E-state index < -0.39 is 18.1 Å². The molecule has 1 heterocycles. The van der Waals surface area contributed by atoms with E-state index in [9.17, 15) is 9.90 Å². The topological polar surface area (TPSA) is 100 Å². The molecular formula is C27H28N4O2S. The fourth-order valence-electron chi connectivity index (χ4n) is 3.73. The maximum absolute atomic E-state index is 13.0. The van der Waals surface area contributed by atoms with Gasteiger partial charge in [-0.3, -0.25) is 4.79 Å². The van der Waals surface area contributed by atoms with Gasteiger partial charge in [0.25, 0.3) is 5.91 Å². The maximum Gasteiger partial charge on any atom is 0.255 e. The molecule has 0 bridgehead atoms. The molecule has 0 aliphatic heterocycles. The van der Waals surface area contributed by atoms with Crippen molar-refractivity contribution in [3.05, 3.63) is 96.1 Å². The third kappa shape index (κ3) is 5.27. The van der Waals surface area contributed by atoms with E-state index in [0.29, 0.717) is 22.4 Å². The van der Waals surface area contributed by atoms with Crippen LogP contribution in [0, 0.1) is 0 Å². The van der Waals surface area contributed by atoms with Gasteiger partial charge in [-0.15, -0.1) is 0 Å². The summed E-state index contributed by atoms with van der Waals surface area (Å²) in [6, 6.07) is 22.1. The molecular weight excluding hydrogens is 444 g/mol. The number of anilines is 2. The number of carbonyl (C=O) groups is 1. The van der Waals surface area contributed by atoms with Crippen LogP contribution in [0.4, 0.5) is 10.8 Å². The van der Waals surface area contributed by atoms with Gasteiger partial charge in [-0.2, -0.15) is 0 Å². The van der Waals surface area contributed by atoms with Crippen molar-refractivity contribution in [2.45, 2.75) is 31.9 Å². The van der Waals surface area contributed by atoms with E-state index in [1.54, 1.807) is 18.2 Å². The summed E-state index contributed by atoms with van der Waals surface area (Å²) < 4.78 is 0.862. The number of nitrogen functional groups attached to an aromatic ring is 1. The Morgan fingerprint density at radius 1 is 1.03 bits per heavy atom. The maximum atomic E-state index is 13.0. The van der Waals surface area contributed by atoms with Crippen molar-refractivity contribution in [2.75, 3.05) is 11.1 Å². The standard InChI is InChI=1S/C27H28N4O2S/c1-16(2)18-9-11-19(12-10-18)17(3)29-24(20-7-5-4-6-8-20)25(32)26(33)30-21-13-14-22-23(15-21)34-27(28)31-22/h4-16,24-25,29,32H,3H2,1-2H3,(H2,28,31)(H,30,33)/t24-,25+/m0/s1. The Morgan fingerprint density at radius 3 is 2.41 bits per heavy atom. The van der Waals surface area contributed by atoms with Crippen LogP contribution in [0.5, 0.6) is 0 Å². The number of hydrogen-bond acceptors (Lipinski definition) is 6. The van der Waals surface area contributed by atoms with E-state index in [2.05, 4.69) is 48.2 Å². The number of benzene rings is 3. The molecule has 3 aromatic carbocycles. The highest BCUT2D eigenvalue weighted by molar-refractivity contribution is 7.22. The summed E-state index contributed by atoms with van der Waals surface area (Å²) in [4.78, 5) is 17.3. The quantitative estimate of drug-likeness (QED) is 0.279. The van der Waals surface area contributed by atoms with Gasteiger partial charge in [0.2, 0.25) is 0 Å². The molecule has 5 N–H and O–H groups in total. The molecule has 6 nitrogen and oxygen atoms in total. The molecule has 0 aliphatic rings. The van der Waals surface area contributed by atoms with E-state index in [1.807, 2.05) is 42.5 Å². The molecule has 2 atom stereocenters. The molecule has 4 aromatic rings. The van der Waals surface area contributed by atoms with E-state index in [0.717, 1.165) is 21.3 Å². The van der Waals surface area contributed by atoms with E-state index >= 15 is 0 Å². The Balaban J connectivity index is 1.54. The van der Waals surface area contributed by atoms with Crippen LogP contribution in [0.1, 0.15) is 42.5 Å². The van der Waals surface area contributed by atoms with E-state index in [-0.39, 0.29) is 0 Å². The number of thiazole rings is 1. The van der Waals surface area contributed by atoms with E-state index in [4.69, 9.17) is 5.73 Å². The fraction of sp³-hybridized carbons (Fsp3) is 0.185. The first-order valence-corrected chi connectivity index (χ1v) is 11.9. The average Bonchev–Trinajstić information content (AvgIpc) is 3.21. The minimum absolute atomic E-state index is 0.429. The molecule has 4 rings (SSSR count). The molecule has 0 saturated carbocycles. The smallest absolute Gasteiger partial charge is 0.255 e. The number of aliphatic hydroxyl groups excluding tert-OH is 1. The van der Waals surface area contributed by atoms with Crippen LogP contribution in [0.3, 0.4) is 0 Å². The number of nitrogens with one attached hydrogen (secondary N) is 2. The molecule has 0 saturated heterocycles.